The SMILES string of the molecule is COc1ccc([C@H]2NC(=O)OCC2(F)F)c(C)c1. The number of nitrogens with one attached hydrogen (secondary N) is 1. The van der Waals surface area contributed by atoms with Gasteiger partial charge >= 0.3 is 12.0 Å². The fraction of sp³-hybridized carbons (Fsp3) is 0.417. The summed E-state index contributed by atoms with van der Waals surface area (Å²) >= 11 is 0. The van der Waals surface area contributed by atoms with Crippen molar-refractivity contribution in [3.05, 3.63) is 29.3 Å². The van der Waals surface area contributed by atoms with Gasteiger partial charge in [-0.3, -0.25) is 0 Å². The van der Waals surface area contributed by atoms with Crippen molar-refractivity contribution in [1.29, 1.82) is 0 Å². The van der Waals surface area contributed by atoms with Gasteiger partial charge in [-0.1, -0.05) is 6.07 Å². The van der Waals surface area contributed by atoms with Crippen LogP contribution in [0.15, 0.2) is 18.2 Å². The van der Waals surface area contributed by atoms with Gasteiger partial charge in [0.15, 0.2) is 6.61 Å². The standard InChI is InChI=1S/C12H13F2NO3/c1-7-5-8(17-2)3-4-9(7)10-12(13,14)6-18-11(16)15-10/h3-5,10H,6H2,1-2H3,(H,15,16)/t10-/m1/s1. The number of hydrogen-bond donors (Lipinski definition) is 1. The van der Waals surface area contributed by atoms with Crippen LogP contribution in [0, 0.1) is 6.92 Å². The molecule has 1 fully saturated rings. The first-order valence-corrected chi connectivity index (χ1v) is 5.39. The van der Waals surface area contributed by atoms with Crippen molar-refractivity contribution in [2.75, 3.05) is 13.7 Å². The van der Waals surface area contributed by atoms with Gasteiger partial charge in [0.05, 0.1) is 7.11 Å². The summed E-state index contributed by atoms with van der Waals surface area (Å²) < 4.78 is 36.8. The molecule has 98 valence electrons. The zero-order valence-corrected chi connectivity index (χ0v) is 10.00. The van der Waals surface area contributed by atoms with Gasteiger partial charge in [0.1, 0.15) is 11.8 Å². The van der Waals surface area contributed by atoms with Crippen LogP contribution in [0.1, 0.15) is 17.2 Å². The summed E-state index contributed by atoms with van der Waals surface area (Å²) in [5, 5.41) is 2.15. The number of amides is 1. The molecule has 0 bridgehead atoms. The maximum atomic E-state index is 13.7. The van der Waals surface area contributed by atoms with Gasteiger partial charge in [-0.05, 0) is 30.2 Å². The molecule has 0 aliphatic carbocycles. The predicted molar refractivity (Wildman–Crippen MR) is 59.9 cm³/mol. The molecule has 6 heteroatoms. The predicted octanol–water partition coefficient (Wildman–Crippen LogP) is 2.42. The number of alkyl halides is 2. The molecule has 0 aromatic heterocycles. The number of benzene rings is 1. The van der Waals surface area contributed by atoms with Crippen molar-refractivity contribution in [3.8, 4) is 5.75 Å². The van der Waals surface area contributed by atoms with Crippen LogP contribution in [0.25, 0.3) is 0 Å². The lowest BCUT2D eigenvalue weighted by molar-refractivity contribution is -0.104. The Bertz CT molecular complexity index is 476. The largest absolute Gasteiger partial charge is 0.497 e. The second-order valence-corrected chi connectivity index (χ2v) is 4.14. The highest BCUT2D eigenvalue weighted by Gasteiger charge is 2.47. The number of aryl methyl sites for hydroxylation is 1. The van der Waals surface area contributed by atoms with Gasteiger partial charge in [-0.15, -0.1) is 0 Å². The van der Waals surface area contributed by atoms with Gasteiger partial charge < -0.3 is 14.8 Å². The third kappa shape index (κ3) is 2.23. The molecule has 1 heterocycles. The molecule has 1 N–H and O–H groups in total. The maximum Gasteiger partial charge on any atom is 0.408 e. The summed E-state index contributed by atoms with van der Waals surface area (Å²) in [7, 11) is 1.50. The number of carbonyl (C=O) groups excluding carboxylic acids is 1. The number of cyclic esters (lactones) is 1. The van der Waals surface area contributed by atoms with Crippen molar-refractivity contribution in [1.82, 2.24) is 5.32 Å². The molecule has 1 aromatic carbocycles. The molecule has 1 aliphatic rings. The number of ether oxygens (including phenoxy) is 2. The first-order valence-electron chi connectivity index (χ1n) is 5.39. The summed E-state index contributed by atoms with van der Waals surface area (Å²) in [6.07, 6.45) is -0.832. The molecule has 18 heavy (non-hydrogen) atoms. The number of carbonyl (C=O) groups is 1. The van der Waals surface area contributed by atoms with Crippen LogP contribution in [0.4, 0.5) is 13.6 Å². The fourth-order valence-corrected chi connectivity index (χ4v) is 1.91. The molecule has 2 rings (SSSR count). The minimum absolute atomic E-state index is 0.359. The van der Waals surface area contributed by atoms with Crippen molar-refractivity contribution < 1.29 is 23.0 Å². The molecular weight excluding hydrogens is 244 g/mol. The van der Waals surface area contributed by atoms with Crippen LogP contribution < -0.4 is 10.1 Å². The van der Waals surface area contributed by atoms with E-state index < -0.39 is 24.7 Å². The molecule has 1 amide bonds. The van der Waals surface area contributed by atoms with E-state index in [0.717, 1.165) is 0 Å². The fourth-order valence-electron chi connectivity index (χ4n) is 1.91. The van der Waals surface area contributed by atoms with Gasteiger partial charge in [0.2, 0.25) is 0 Å². The van der Waals surface area contributed by atoms with Crippen LogP contribution >= 0.6 is 0 Å². The lowest BCUT2D eigenvalue weighted by atomic mass is 9.95. The van der Waals surface area contributed by atoms with E-state index in [-0.39, 0.29) is 0 Å². The highest BCUT2D eigenvalue weighted by atomic mass is 19.3. The molecule has 0 saturated carbocycles. The van der Waals surface area contributed by atoms with Crippen LogP contribution in [-0.4, -0.2) is 25.7 Å². The molecular formula is C12H13F2NO3. The normalized spacial score (nSPS) is 22.0. The Labute approximate surface area is 103 Å². The van der Waals surface area contributed by atoms with Crippen LogP contribution in [-0.2, 0) is 4.74 Å². The minimum atomic E-state index is -3.13. The topological polar surface area (TPSA) is 47.6 Å². The van der Waals surface area contributed by atoms with Crippen molar-refractivity contribution in [2.45, 2.75) is 18.9 Å². The lowest BCUT2D eigenvalue weighted by Crippen LogP contribution is -2.49. The van der Waals surface area contributed by atoms with Crippen molar-refractivity contribution >= 4 is 6.09 Å². The van der Waals surface area contributed by atoms with Gasteiger partial charge in [0, 0.05) is 0 Å². The van der Waals surface area contributed by atoms with Crippen LogP contribution in [0.3, 0.4) is 0 Å². The summed E-state index contributed by atoms with van der Waals surface area (Å²) in [6.45, 7) is 0.782. The van der Waals surface area contributed by atoms with E-state index in [4.69, 9.17) is 4.74 Å². The molecule has 0 spiro atoms. The highest BCUT2D eigenvalue weighted by molar-refractivity contribution is 5.69. The van der Waals surface area contributed by atoms with Crippen molar-refractivity contribution in [2.24, 2.45) is 0 Å². The Morgan fingerprint density at radius 3 is 2.83 bits per heavy atom. The molecule has 0 radical (unpaired) electrons. The average molecular weight is 257 g/mol. The Morgan fingerprint density at radius 2 is 2.22 bits per heavy atom. The Balaban J connectivity index is 2.37. The average Bonchev–Trinajstić information content (AvgIpc) is 2.32. The molecule has 1 atom stereocenters. The first kappa shape index (κ1) is 12.6. The molecule has 1 aromatic rings. The summed E-state index contributed by atoms with van der Waals surface area (Å²) in [6, 6.07) is 3.38. The van der Waals surface area contributed by atoms with Gasteiger partial charge in [0.25, 0.3) is 0 Å². The van der Waals surface area contributed by atoms with Crippen molar-refractivity contribution in [3.63, 3.8) is 0 Å². The second kappa shape index (κ2) is 4.44. The zero-order chi connectivity index (χ0) is 13.3. The van der Waals surface area contributed by atoms with E-state index in [2.05, 4.69) is 10.1 Å². The summed E-state index contributed by atoms with van der Waals surface area (Å²) in [4.78, 5) is 11.1. The molecule has 1 saturated heterocycles. The van der Waals surface area contributed by atoms with E-state index in [0.29, 0.717) is 16.9 Å². The Hall–Kier alpha value is -1.85. The third-order valence-corrected chi connectivity index (χ3v) is 2.87. The molecule has 4 nitrogen and oxygen atoms in total. The maximum absolute atomic E-state index is 13.7. The summed E-state index contributed by atoms with van der Waals surface area (Å²) in [5.41, 5.74) is 0.985. The first-order chi connectivity index (χ1) is 8.44. The van der Waals surface area contributed by atoms with Gasteiger partial charge in [-0.2, -0.15) is 0 Å². The van der Waals surface area contributed by atoms with E-state index in [1.807, 2.05) is 0 Å². The van der Waals surface area contributed by atoms with E-state index in [1.54, 1.807) is 19.1 Å². The quantitative estimate of drug-likeness (QED) is 0.885. The van der Waals surface area contributed by atoms with E-state index in [9.17, 15) is 13.6 Å². The van der Waals surface area contributed by atoms with E-state index in [1.165, 1.54) is 13.2 Å². The third-order valence-electron chi connectivity index (χ3n) is 2.87. The number of halogens is 2. The minimum Gasteiger partial charge on any atom is -0.497 e. The number of methoxy groups -OCH3 is 1. The number of hydrogen-bond acceptors (Lipinski definition) is 3. The zero-order valence-electron chi connectivity index (χ0n) is 10.00. The summed E-state index contributed by atoms with van der Waals surface area (Å²) in [5.74, 6) is -2.55. The molecule has 1 aliphatic heterocycles. The van der Waals surface area contributed by atoms with E-state index >= 15 is 0 Å². The number of alkyl carbamates (subject to hydrolysis) is 1. The molecule has 0 unspecified atom stereocenters. The number of rotatable bonds is 2. The Morgan fingerprint density at radius 1 is 1.50 bits per heavy atom. The van der Waals surface area contributed by atoms with Crippen LogP contribution in [0.5, 0.6) is 5.75 Å². The Kier molecular flexibility index (Phi) is 3.11. The van der Waals surface area contributed by atoms with Gasteiger partial charge in [-0.25, -0.2) is 13.6 Å². The monoisotopic (exact) mass is 257 g/mol. The second-order valence-electron chi connectivity index (χ2n) is 4.14. The smallest absolute Gasteiger partial charge is 0.408 e. The lowest BCUT2D eigenvalue weighted by Gasteiger charge is -2.32. The van der Waals surface area contributed by atoms with Crippen LogP contribution in [0.2, 0.25) is 0 Å². The highest BCUT2D eigenvalue weighted by Crippen LogP contribution is 2.36.